The normalized spacial score (nSPS) is 10.9. The molecule has 0 spiro atoms. The van der Waals surface area contributed by atoms with Crippen molar-refractivity contribution in [2.24, 2.45) is 5.73 Å². The summed E-state index contributed by atoms with van der Waals surface area (Å²) in [4.78, 5) is 14.0. The average Bonchev–Trinajstić information content (AvgIpc) is 2.46. The SMILES string of the molecule is CCC(N)(CC)C(=O)N(C)Cc1ccc(C#N)cc1. The Hall–Kier alpha value is -1.86. The molecule has 19 heavy (non-hydrogen) atoms. The Morgan fingerprint density at radius 2 is 1.84 bits per heavy atom. The molecule has 0 fully saturated rings. The highest BCUT2D eigenvalue weighted by Crippen LogP contribution is 2.16. The first-order valence-electron chi connectivity index (χ1n) is 6.50. The fourth-order valence-corrected chi connectivity index (χ4v) is 1.96. The number of benzene rings is 1. The number of carbonyl (C=O) groups is 1. The van der Waals surface area contributed by atoms with E-state index in [4.69, 9.17) is 11.0 Å². The zero-order chi connectivity index (χ0) is 14.5. The van der Waals surface area contributed by atoms with E-state index in [1.54, 1.807) is 24.1 Å². The largest absolute Gasteiger partial charge is 0.340 e. The smallest absolute Gasteiger partial charge is 0.242 e. The van der Waals surface area contributed by atoms with Gasteiger partial charge in [0.2, 0.25) is 5.91 Å². The quantitative estimate of drug-likeness (QED) is 0.879. The average molecular weight is 259 g/mol. The monoisotopic (exact) mass is 259 g/mol. The summed E-state index contributed by atoms with van der Waals surface area (Å²) in [5, 5.41) is 8.74. The molecule has 1 aromatic rings. The lowest BCUT2D eigenvalue weighted by molar-refractivity contribution is -0.136. The fraction of sp³-hybridized carbons (Fsp3) is 0.467. The van der Waals surface area contributed by atoms with Gasteiger partial charge in [0.25, 0.3) is 0 Å². The molecule has 2 N–H and O–H groups in total. The van der Waals surface area contributed by atoms with Crippen LogP contribution >= 0.6 is 0 Å². The second-order valence-electron chi connectivity index (χ2n) is 4.83. The summed E-state index contributed by atoms with van der Waals surface area (Å²) < 4.78 is 0. The van der Waals surface area contributed by atoms with Crippen LogP contribution in [0, 0.1) is 11.3 Å². The maximum absolute atomic E-state index is 12.3. The van der Waals surface area contributed by atoms with Gasteiger partial charge in [-0.2, -0.15) is 5.26 Å². The van der Waals surface area contributed by atoms with Gasteiger partial charge in [0.1, 0.15) is 0 Å². The van der Waals surface area contributed by atoms with Crippen LogP contribution in [0.1, 0.15) is 37.8 Å². The van der Waals surface area contributed by atoms with E-state index >= 15 is 0 Å². The number of hydrogen-bond acceptors (Lipinski definition) is 3. The van der Waals surface area contributed by atoms with Crippen molar-refractivity contribution in [2.45, 2.75) is 38.8 Å². The molecule has 4 heteroatoms. The molecule has 0 radical (unpaired) electrons. The van der Waals surface area contributed by atoms with Crippen LogP contribution < -0.4 is 5.73 Å². The molecule has 1 amide bonds. The molecular weight excluding hydrogens is 238 g/mol. The van der Waals surface area contributed by atoms with E-state index in [2.05, 4.69) is 6.07 Å². The van der Waals surface area contributed by atoms with Gasteiger partial charge in [-0.3, -0.25) is 4.79 Å². The molecule has 0 saturated carbocycles. The molecule has 0 aliphatic carbocycles. The van der Waals surface area contributed by atoms with Gasteiger partial charge in [-0.05, 0) is 30.5 Å². The Bertz CT molecular complexity index is 469. The molecule has 4 nitrogen and oxygen atoms in total. The van der Waals surface area contributed by atoms with Crippen molar-refractivity contribution in [2.75, 3.05) is 7.05 Å². The van der Waals surface area contributed by atoms with Gasteiger partial charge in [0.15, 0.2) is 0 Å². The summed E-state index contributed by atoms with van der Waals surface area (Å²) in [7, 11) is 1.76. The standard InChI is InChI=1S/C15H21N3O/c1-4-15(17,5-2)14(19)18(3)11-13-8-6-12(10-16)7-9-13/h6-9H,4-5,11,17H2,1-3H3. The molecule has 0 saturated heterocycles. The van der Waals surface area contributed by atoms with Crippen LogP contribution in [0.3, 0.4) is 0 Å². The van der Waals surface area contributed by atoms with Crippen molar-refractivity contribution in [3.8, 4) is 6.07 Å². The molecule has 1 rings (SSSR count). The minimum Gasteiger partial charge on any atom is -0.340 e. The summed E-state index contributed by atoms with van der Waals surface area (Å²) in [6.45, 7) is 4.36. The third-order valence-corrected chi connectivity index (χ3v) is 3.54. The first-order valence-corrected chi connectivity index (χ1v) is 6.50. The van der Waals surface area contributed by atoms with Crippen LogP contribution in [0.5, 0.6) is 0 Å². The zero-order valence-electron chi connectivity index (χ0n) is 11.8. The molecule has 0 aliphatic heterocycles. The van der Waals surface area contributed by atoms with E-state index in [1.807, 2.05) is 26.0 Å². The van der Waals surface area contributed by atoms with E-state index in [1.165, 1.54) is 0 Å². The number of nitrogens with zero attached hydrogens (tertiary/aromatic N) is 2. The van der Waals surface area contributed by atoms with Gasteiger partial charge in [-0.25, -0.2) is 0 Å². The van der Waals surface area contributed by atoms with Crippen LogP contribution in [0.4, 0.5) is 0 Å². The Kier molecular flexibility index (Phi) is 5.08. The number of hydrogen-bond donors (Lipinski definition) is 1. The number of nitriles is 1. The Morgan fingerprint density at radius 3 is 2.26 bits per heavy atom. The van der Waals surface area contributed by atoms with Crippen LogP contribution in [-0.4, -0.2) is 23.4 Å². The third kappa shape index (κ3) is 3.55. The molecule has 0 atom stereocenters. The minimum absolute atomic E-state index is 0.0399. The maximum atomic E-state index is 12.3. The lowest BCUT2D eigenvalue weighted by atomic mass is 9.92. The van der Waals surface area contributed by atoms with E-state index in [0.717, 1.165) is 5.56 Å². The second kappa shape index (κ2) is 6.35. The van der Waals surface area contributed by atoms with Crippen LogP contribution in [0.15, 0.2) is 24.3 Å². The Balaban J connectivity index is 2.76. The van der Waals surface area contributed by atoms with E-state index in [9.17, 15) is 4.79 Å². The molecule has 1 aromatic carbocycles. The topological polar surface area (TPSA) is 70.1 Å². The first-order chi connectivity index (χ1) is 8.96. The van der Waals surface area contributed by atoms with E-state index in [-0.39, 0.29) is 5.91 Å². The number of rotatable bonds is 5. The Labute approximate surface area is 114 Å². The highest BCUT2D eigenvalue weighted by atomic mass is 16.2. The predicted octanol–water partition coefficient (Wildman–Crippen LogP) is 2.03. The lowest BCUT2D eigenvalue weighted by Gasteiger charge is -2.30. The van der Waals surface area contributed by atoms with Crippen molar-refractivity contribution in [1.29, 1.82) is 5.26 Å². The van der Waals surface area contributed by atoms with Crippen molar-refractivity contribution in [1.82, 2.24) is 4.90 Å². The molecular formula is C15H21N3O. The first kappa shape index (κ1) is 15.2. The van der Waals surface area contributed by atoms with Gasteiger partial charge >= 0.3 is 0 Å². The summed E-state index contributed by atoms with van der Waals surface area (Å²) in [6.07, 6.45) is 1.25. The number of nitrogens with two attached hydrogens (primary N) is 1. The van der Waals surface area contributed by atoms with Gasteiger partial charge in [-0.1, -0.05) is 26.0 Å². The summed E-state index contributed by atoms with van der Waals surface area (Å²) in [6, 6.07) is 9.30. The third-order valence-electron chi connectivity index (χ3n) is 3.54. The van der Waals surface area contributed by atoms with Crippen LogP contribution in [0.2, 0.25) is 0 Å². The van der Waals surface area contributed by atoms with Gasteiger partial charge in [0.05, 0.1) is 17.2 Å². The molecule has 0 aromatic heterocycles. The fourth-order valence-electron chi connectivity index (χ4n) is 1.96. The molecule has 0 aliphatic rings. The summed E-state index contributed by atoms with van der Waals surface area (Å²) >= 11 is 0. The van der Waals surface area contributed by atoms with Crippen LogP contribution in [-0.2, 0) is 11.3 Å². The molecule has 0 unspecified atom stereocenters. The van der Waals surface area contributed by atoms with Crippen molar-refractivity contribution < 1.29 is 4.79 Å². The van der Waals surface area contributed by atoms with E-state index in [0.29, 0.717) is 24.9 Å². The number of carbonyl (C=O) groups excluding carboxylic acids is 1. The highest BCUT2D eigenvalue weighted by molar-refractivity contribution is 5.85. The molecule has 0 heterocycles. The number of likely N-dealkylation sites (N-methyl/N-ethyl adjacent to an activating group) is 1. The summed E-state index contributed by atoms with van der Waals surface area (Å²) in [5.41, 5.74) is 6.94. The van der Waals surface area contributed by atoms with Crippen molar-refractivity contribution in [3.63, 3.8) is 0 Å². The van der Waals surface area contributed by atoms with Gasteiger partial charge in [-0.15, -0.1) is 0 Å². The van der Waals surface area contributed by atoms with Gasteiger partial charge < -0.3 is 10.6 Å². The second-order valence-corrected chi connectivity index (χ2v) is 4.83. The maximum Gasteiger partial charge on any atom is 0.242 e. The lowest BCUT2D eigenvalue weighted by Crippen LogP contribution is -2.53. The highest BCUT2D eigenvalue weighted by Gasteiger charge is 2.32. The van der Waals surface area contributed by atoms with E-state index < -0.39 is 5.54 Å². The van der Waals surface area contributed by atoms with Crippen molar-refractivity contribution >= 4 is 5.91 Å². The zero-order valence-corrected chi connectivity index (χ0v) is 11.8. The Morgan fingerprint density at radius 1 is 1.32 bits per heavy atom. The summed E-state index contributed by atoms with van der Waals surface area (Å²) in [5.74, 6) is -0.0399. The molecule has 102 valence electrons. The van der Waals surface area contributed by atoms with Crippen molar-refractivity contribution in [3.05, 3.63) is 35.4 Å². The molecule has 0 bridgehead atoms. The van der Waals surface area contributed by atoms with Gasteiger partial charge in [0, 0.05) is 13.6 Å². The van der Waals surface area contributed by atoms with Crippen LogP contribution in [0.25, 0.3) is 0 Å². The number of amides is 1. The predicted molar refractivity (Wildman–Crippen MR) is 75.1 cm³/mol. The minimum atomic E-state index is -0.776.